The van der Waals surface area contributed by atoms with Gasteiger partial charge in [0.1, 0.15) is 0 Å². The van der Waals surface area contributed by atoms with Crippen molar-refractivity contribution in [3.63, 3.8) is 0 Å². The smallest absolute Gasteiger partial charge is 0.235 e. The van der Waals surface area contributed by atoms with E-state index in [0.29, 0.717) is 16.4 Å². The van der Waals surface area contributed by atoms with Crippen LogP contribution in [0.4, 0.5) is 11.4 Å². The van der Waals surface area contributed by atoms with E-state index in [4.69, 9.17) is 11.6 Å². The van der Waals surface area contributed by atoms with Crippen molar-refractivity contribution in [3.05, 3.63) is 59.1 Å². The maximum absolute atomic E-state index is 12.9. The minimum atomic E-state index is -3.32. The summed E-state index contributed by atoms with van der Waals surface area (Å²) in [6.07, 6.45) is 3.70. The SMILES string of the molecule is CS(=O)(=O)Nc1ccc(NC(=O)C2(c3ccc(Cl)cc3)CCC2)cc1. The Morgan fingerprint density at radius 1 is 1.00 bits per heavy atom. The quantitative estimate of drug-likeness (QED) is 0.831. The first kappa shape index (κ1) is 17.8. The summed E-state index contributed by atoms with van der Waals surface area (Å²) in [5, 5.41) is 3.58. The van der Waals surface area contributed by atoms with Gasteiger partial charge >= 0.3 is 0 Å². The molecule has 0 saturated heterocycles. The molecule has 2 aromatic carbocycles. The summed E-state index contributed by atoms with van der Waals surface area (Å²) >= 11 is 5.94. The Bertz CT molecular complexity index is 874. The Morgan fingerprint density at radius 2 is 1.56 bits per heavy atom. The monoisotopic (exact) mass is 378 g/mol. The third-order valence-electron chi connectivity index (χ3n) is 4.48. The number of amides is 1. The van der Waals surface area contributed by atoms with E-state index in [2.05, 4.69) is 10.0 Å². The van der Waals surface area contributed by atoms with Gasteiger partial charge in [0.15, 0.2) is 0 Å². The molecule has 132 valence electrons. The first-order chi connectivity index (χ1) is 11.8. The molecular weight excluding hydrogens is 360 g/mol. The van der Waals surface area contributed by atoms with E-state index in [1.165, 1.54) is 0 Å². The maximum atomic E-state index is 12.9. The van der Waals surface area contributed by atoms with Crippen molar-refractivity contribution in [1.82, 2.24) is 0 Å². The van der Waals surface area contributed by atoms with Gasteiger partial charge in [0.2, 0.25) is 15.9 Å². The van der Waals surface area contributed by atoms with E-state index < -0.39 is 15.4 Å². The van der Waals surface area contributed by atoms with Gasteiger partial charge in [0.05, 0.1) is 11.7 Å². The molecule has 0 spiro atoms. The van der Waals surface area contributed by atoms with E-state index in [0.717, 1.165) is 31.1 Å². The molecule has 0 unspecified atom stereocenters. The first-order valence-corrected chi connectivity index (χ1v) is 10.2. The number of benzene rings is 2. The molecule has 1 amide bonds. The molecule has 1 aliphatic rings. The molecular formula is C18H19ClN2O3S. The zero-order valence-corrected chi connectivity index (χ0v) is 15.3. The van der Waals surface area contributed by atoms with Gasteiger partial charge in [-0.3, -0.25) is 9.52 Å². The second kappa shape index (κ2) is 6.69. The predicted octanol–water partition coefficient (Wildman–Crippen LogP) is 3.77. The highest BCUT2D eigenvalue weighted by atomic mass is 35.5. The summed E-state index contributed by atoms with van der Waals surface area (Å²) in [5.41, 5.74) is 1.53. The van der Waals surface area contributed by atoms with Crippen LogP contribution in [0.3, 0.4) is 0 Å². The van der Waals surface area contributed by atoms with E-state index in [-0.39, 0.29) is 5.91 Å². The van der Waals surface area contributed by atoms with E-state index in [1.807, 2.05) is 12.1 Å². The summed E-state index contributed by atoms with van der Waals surface area (Å²) in [6, 6.07) is 14.0. The van der Waals surface area contributed by atoms with Gasteiger partial charge < -0.3 is 5.32 Å². The van der Waals surface area contributed by atoms with Gasteiger partial charge in [-0.25, -0.2) is 8.42 Å². The van der Waals surface area contributed by atoms with Gasteiger partial charge in [-0.1, -0.05) is 30.2 Å². The molecule has 7 heteroatoms. The highest BCUT2D eigenvalue weighted by molar-refractivity contribution is 7.92. The molecule has 5 nitrogen and oxygen atoms in total. The summed E-state index contributed by atoms with van der Waals surface area (Å²) in [4.78, 5) is 12.9. The average Bonchev–Trinajstić information content (AvgIpc) is 2.48. The lowest BCUT2D eigenvalue weighted by Crippen LogP contribution is -2.45. The molecule has 0 bridgehead atoms. The van der Waals surface area contributed by atoms with Gasteiger partial charge in [-0.15, -0.1) is 0 Å². The fourth-order valence-electron chi connectivity index (χ4n) is 3.03. The first-order valence-electron chi connectivity index (χ1n) is 7.94. The number of hydrogen-bond donors (Lipinski definition) is 2. The highest BCUT2D eigenvalue weighted by Crippen LogP contribution is 2.44. The standard InChI is InChI=1S/C18H19ClN2O3S/c1-25(23,24)21-16-9-7-15(8-10-16)20-17(22)18(11-2-12-18)13-3-5-14(19)6-4-13/h3-10,21H,2,11-12H2,1H3,(H,20,22). The van der Waals surface area contributed by atoms with Crippen molar-refractivity contribution in [1.29, 1.82) is 0 Å². The molecule has 0 aliphatic heterocycles. The lowest BCUT2D eigenvalue weighted by Gasteiger charge is -2.40. The van der Waals surface area contributed by atoms with Crippen molar-refractivity contribution >= 4 is 38.9 Å². The number of nitrogens with one attached hydrogen (secondary N) is 2. The van der Waals surface area contributed by atoms with Crippen LogP contribution >= 0.6 is 11.6 Å². The molecule has 2 aromatic rings. The minimum absolute atomic E-state index is 0.0510. The van der Waals surface area contributed by atoms with Crippen LogP contribution in [0.25, 0.3) is 0 Å². The molecule has 0 heterocycles. The number of carbonyl (C=O) groups is 1. The number of carbonyl (C=O) groups excluding carboxylic acids is 1. The summed E-state index contributed by atoms with van der Waals surface area (Å²) in [5.74, 6) is -0.0510. The molecule has 1 aliphatic carbocycles. The molecule has 0 atom stereocenters. The third kappa shape index (κ3) is 3.96. The predicted molar refractivity (Wildman–Crippen MR) is 101 cm³/mol. The van der Waals surface area contributed by atoms with Gasteiger partial charge in [-0.05, 0) is 54.8 Å². The van der Waals surface area contributed by atoms with Crippen LogP contribution in [-0.4, -0.2) is 20.6 Å². The second-order valence-electron chi connectivity index (χ2n) is 6.35. The van der Waals surface area contributed by atoms with Crippen molar-refractivity contribution < 1.29 is 13.2 Å². The normalized spacial score (nSPS) is 15.9. The molecule has 1 saturated carbocycles. The lowest BCUT2D eigenvalue weighted by atomic mass is 9.64. The fourth-order valence-corrected chi connectivity index (χ4v) is 3.72. The number of rotatable bonds is 5. The zero-order chi connectivity index (χ0) is 18.1. The van der Waals surface area contributed by atoms with Gasteiger partial charge in [0.25, 0.3) is 0 Å². The second-order valence-corrected chi connectivity index (χ2v) is 8.53. The Kier molecular flexibility index (Phi) is 4.75. The summed E-state index contributed by atoms with van der Waals surface area (Å²) in [7, 11) is -3.32. The molecule has 1 fully saturated rings. The van der Waals surface area contributed by atoms with Crippen molar-refractivity contribution in [3.8, 4) is 0 Å². The molecule has 3 rings (SSSR count). The van der Waals surface area contributed by atoms with E-state index in [9.17, 15) is 13.2 Å². The van der Waals surface area contributed by atoms with Crippen molar-refractivity contribution in [2.24, 2.45) is 0 Å². The largest absolute Gasteiger partial charge is 0.325 e. The topological polar surface area (TPSA) is 75.3 Å². The van der Waals surface area contributed by atoms with E-state index >= 15 is 0 Å². The van der Waals surface area contributed by atoms with Crippen LogP contribution in [0, 0.1) is 0 Å². The third-order valence-corrected chi connectivity index (χ3v) is 5.34. The average molecular weight is 379 g/mol. The van der Waals surface area contributed by atoms with E-state index in [1.54, 1.807) is 36.4 Å². The maximum Gasteiger partial charge on any atom is 0.235 e. The van der Waals surface area contributed by atoms with Gasteiger partial charge in [-0.2, -0.15) is 0 Å². The zero-order valence-electron chi connectivity index (χ0n) is 13.8. The van der Waals surface area contributed by atoms with Crippen LogP contribution < -0.4 is 10.0 Å². The van der Waals surface area contributed by atoms with Crippen LogP contribution in [0.1, 0.15) is 24.8 Å². The summed E-state index contributed by atoms with van der Waals surface area (Å²) in [6.45, 7) is 0. The molecule has 0 aromatic heterocycles. The minimum Gasteiger partial charge on any atom is -0.325 e. The van der Waals surface area contributed by atoms with Crippen LogP contribution in [0.5, 0.6) is 0 Å². The van der Waals surface area contributed by atoms with Crippen LogP contribution in [-0.2, 0) is 20.2 Å². The molecule has 25 heavy (non-hydrogen) atoms. The Hall–Kier alpha value is -2.05. The van der Waals surface area contributed by atoms with Crippen molar-refractivity contribution in [2.75, 3.05) is 16.3 Å². The van der Waals surface area contributed by atoms with Crippen LogP contribution in [0.15, 0.2) is 48.5 Å². The molecule has 0 radical (unpaired) electrons. The number of halogens is 1. The summed E-state index contributed by atoms with van der Waals surface area (Å²) < 4.78 is 24.9. The Morgan fingerprint density at radius 3 is 2.04 bits per heavy atom. The van der Waals surface area contributed by atoms with Gasteiger partial charge in [0, 0.05) is 16.4 Å². The number of hydrogen-bond acceptors (Lipinski definition) is 3. The number of sulfonamides is 1. The Balaban J connectivity index is 1.75. The molecule has 2 N–H and O–H groups in total. The van der Waals surface area contributed by atoms with Crippen LogP contribution in [0.2, 0.25) is 5.02 Å². The number of anilines is 2. The van der Waals surface area contributed by atoms with Crippen molar-refractivity contribution in [2.45, 2.75) is 24.7 Å². The Labute approximate surface area is 152 Å². The lowest BCUT2D eigenvalue weighted by molar-refractivity contribution is -0.124. The highest BCUT2D eigenvalue weighted by Gasteiger charge is 2.45. The fraction of sp³-hybridized carbons (Fsp3) is 0.278.